The molecule has 0 fully saturated rings. The summed E-state index contributed by atoms with van der Waals surface area (Å²) < 4.78 is 4.59. The van der Waals surface area contributed by atoms with Gasteiger partial charge in [0, 0.05) is 48.1 Å². The molecule has 5 nitrogen and oxygen atoms in total. The van der Waals surface area contributed by atoms with Gasteiger partial charge in [-0.25, -0.2) is 19.9 Å². The molecule has 0 aliphatic carbocycles. The van der Waals surface area contributed by atoms with Crippen molar-refractivity contribution in [1.82, 2.24) is 24.5 Å². The minimum absolute atomic E-state index is 0.648. The van der Waals surface area contributed by atoms with Gasteiger partial charge in [-0.2, -0.15) is 0 Å². The van der Waals surface area contributed by atoms with E-state index in [4.69, 9.17) is 19.9 Å². The second kappa shape index (κ2) is 12.5. The molecule has 0 spiro atoms. The minimum atomic E-state index is 0.648. The molecule has 0 bridgehead atoms. The first kappa shape index (κ1) is 30.1. The van der Waals surface area contributed by atoms with Crippen molar-refractivity contribution >= 4 is 42.5 Å². The zero-order chi connectivity index (χ0) is 34.4. The van der Waals surface area contributed by atoms with Crippen LogP contribution in [0.4, 0.5) is 0 Å². The fourth-order valence-corrected chi connectivity index (χ4v) is 8.32. The van der Waals surface area contributed by atoms with Crippen molar-refractivity contribution < 1.29 is 0 Å². The summed E-state index contributed by atoms with van der Waals surface area (Å²) in [7, 11) is 0. The zero-order valence-corrected chi connectivity index (χ0v) is 28.7. The Kier molecular flexibility index (Phi) is 7.25. The molecular weight excluding hydrogens is 655 g/mol. The maximum absolute atomic E-state index is 5.32. The molecule has 52 heavy (non-hydrogen) atoms. The number of thiophene rings is 1. The summed E-state index contributed by atoms with van der Waals surface area (Å²) in [6.07, 6.45) is 0. The molecular formula is C46H29N5S. The minimum Gasteiger partial charge on any atom is -0.292 e. The Morgan fingerprint density at radius 3 is 1.52 bits per heavy atom. The van der Waals surface area contributed by atoms with Crippen LogP contribution in [0.15, 0.2) is 176 Å². The number of aromatic nitrogens is 5. The molecule has 0 unspecified atom stereocenters. The van der Waals surface area contributed by atoms with Gasteiger partial charge in [0.15, 0.2) is 17.5 Å². The summed E-state index contributed by atoms with van der Waals surface area (Å²) in [6.45, 7) is 0. The third-order valence-electron chi connectivity index (χ3n) is 9.48. The van der Waals surface area contributed by atoms with Gasteiger partial charge in [0.05, 0.1) is 11.0 Å². The lowest BCUT2D eigenvalue weighted by Gasteiger charge is -2.11. The number of hydrogen-bond donors (Lipinski definition) is 0. The summed E-state index contributed by atoms with van der Waals surface area (Å²) in [4.78, 5) is 20.4. The molecule has 3 aromatic heterocycles. The van der Waals surface area contributed by atoms with Gasteiger partial charge in [0.25, 0.3) is 0 Å². The summed E-state index contributed by atoms with van der Waals surface area (Å²) in [5.74, 6) is 2.85. The van der Waals surface area contributed by atoms with Crippen molar-refractivity contribution in [3.8, 4) is 62.4 Å². The Hall–Kier alpha value is -6.76. The number of para-hydroxylation sites is 1. The van der Waals surface area contributed by atoms with Crippen LogP contribution in [0.3, 0.4) is 0 Å². The van der Waals surface area contributed by atoms with E-state index < -0.39 is 0 Å². The average Bonchev–Trinajstić information content (AvgIpc) is 3.81. The maximum Gasteiger partial charge on any atom is 0.165 e. The summed E-state index contributed by atoms with van der Waals surface area (Å²) in [6, 6.07) is 60.8. The van der Waals surface area contributed by atoms with E-state index in [9.17, 15) is 0 Å². The van der Waals surface area contributed by atoms with Crippen LogP contribution in [-0.4, -0.2) is 24.5 Å². The van der Waals surface area contributed by atoms with E-state index in [1.54, 1.807) is 11.3 Å². The van der Waals surface area contributed by atoms with E-state index >= 15 is 0 Å². The third kappa shape index (κ3) is 5.16. The molecule has 7 aromatic carbocycles. The van der Waals surface area contributed by atoms with Crippen LogP contribution in [0.2, 0.25) is 0 Å². The highest BCUT2D eigenvalue weighted by Crippen LogP contribution is 2.44. The summed E-state index contributed by atoms with van der Waals surface area (Å²) in [5.41, 5.74) is 9.36. The number of rotatable bonds is 6. The van der Waals surface area contributed by atoms with Crippen LogP contribution in [0.25, 0.3) is 93.6 Å². The monoisotopic (exact) mass is 683 g/mol. The van der Waals surface area contributed by atoms with Crippen LogP contribution in [-0.2, 0) is 0 Å². The molecule has 244 valence electrons. The first-order chi connectivity index (χ1) is 25.8. The Morgan fingerprint density at radius 2 is 0.904 bits per heavy atom. The number of benzene rings is 7. The van der Waals surface area contributed by atoms with E-state index in [1.165, 1.54) is 15.6 Å². The van der Waals surface area contributed by atoms with Gasteiger partial charge in [-0.1, -0.05) is 140 Å². The molecule has 0 N–H and O–H groups in total. The Labute approximate surface area is 304 Å². The number of fused-ring (bicyclic) bond motifs is 4. The summed E-state index contributed by atoms with van der Waals surface area (Å²) >= 11 is 1.77. The normalized spacial score (nSPS) is 11.5. The van der Waals surface area contributed by atoms with Gasteiger partial charge in [-0.15, -0.1) is 11.3 Å². The SMILES string of the molecule is c1ccc(-c2ccc3nc(-c4cccc5c4sc4c(-c6nc(-c7ccccc7)nc(-c7ccccc7)n6)cccc45)n(-c4ccccc4)c3c2)cc1. The molecule has 0 atom stereocenters. The Morgan fingerprint density at radius 1 is 0.385 bits per heavy atom. The van der Waals surface area contributed by atoms with Gasteiger partial charge in [-0.3, -0.25) is 4.57 Å². The van der Waals surface area contributed by atoms with Gasteiger partial charge in [-0.05, 0) is 47.5 Å². The Balaban J connectivity index is 1.20. The smallest absolute Gasteiger partial charge is 0.165 e. The van der Waals surface area contributed by atoms with Crippen molar-refractivity contribution in [2.45, 2.75) is 0 Å². The van der Waals surface area contributed by atoms with Gasteiger partial charge in [0.2, 0.25) is 0 Å². The quantitative estimate of drug-likeness (QED) is 0.175. The molecule has 0 radical (unpaired) electrons. The standard InChI is InChI=1S/C46H29N5S/c1-5-15-30(16-6-1)33-27-28-39-40(29-33)51(34-21-11-4-12-22-34)46(47-39)38-26-14-24-36-35-23-13-25-37(41(35)52-42(36)38)45-49-43(31-17-7-2-8-18-31)48-44(50-45)32-19-9-3-10-20-32/h1-29H. The number of imidazole rings is 1. The van der Waals surface area contributed by atoms with Gasteiger partial charge >= 0.3 is 0 Å². The highest BCUT2D eigenvalue weighted by molar-refractivity contribution is 7.26. The molecule has 0 aliphatic heterocycles. The fraction of sp³-hybridized carbons (Fsp3) is 0. The topological polar surface area (TPSA) is 56.5 Å². The highest BCUT2D eigenvalue weighted by atomic mass is 32.1. The first-order valence-corrected chi connectivity index (χ1v) is 18.1. The van der Waals surface area contributed by atoms with Crippen molar-refractivity contribution in [3.63, 3.8) is 0 Å². The molecule has 0 saturated heterocycles. The highest BCUT2D eigenvalue weighted by Gasteiger charge is 2.21. The second-order valence-electron chi connectivity index (χ2n) is 12.7. The fourth-order valence-electron chi connectivity index (χ4n) is 7.01. The van der Waals surface area contributed by atoms with Crippen molar-refractivity contribution in [2.75, 3.05) is 0 Å². The number of hydrogen-bond acceptors (Lipinski definition) is 5. The van der Waals surface area contributed by atoms with Crippen molar-refractivity contribution in [3.05, 3.63) is 176 Å². The lowest BCUT2D eigenvalue weighted by molar-refractivity contribution is 1.08. The van der Waals surface area contributed by atoms with Crippen LogP contribution >= 0.6 is 11.3 Å². The predicted molar refractivity (Wildman–Crippen MR) is 215 cm³/mol. The first-order valence-electron chi connectivity index (χ1n) is 17.2. The largest absolute Gasteiger partial charge is 0.292 e. The average molecular weight is 684 g/mol. The molecule has 0 amide bonds. The van der Waals surface area contributed by atoms with E-state index in [2.05, 4.69) is 120 Å². The van der Waals surface area contributed by atoms with Crippen LogP contribution in [0, 0.1) is 0 Å². The van der Waals surface area contributed by atoms with Crippen molar-refractivity contribution in [2.24, 2.45) is 0 Å². The summed E-state index contributed by atoms with van der Waals surface area (Å²) in [5, 5.41) is 2.34. The second-order valence-corrected chi connectivity index (χ2v) is 13.7. The van der Waals surface area contributed by atoms with E-state index in [0.29, 0.717) is 17.5 Å². The third-order valence-corrected chi connectivity index (χ3v) is 10.8. The van der Waals surface area contributed by atoms with Crippen LogP contribution in [0.1, 0.15) is 0 Å². The maximum atomic E-state index is 5.32. The van der Waals surface area contributed by atoms with E-state index in [1.807, 2.05) is 60.7 Å². The van der Waals surface area contributed by atoms with Crippen molar-refractivity contribution in [1.29, 1.82) is 0 Å². The zero-order valence-electron chi connectivity index (χ0n) is 27.9. The molecule has 10 rings (SSSR count). The predicted octanol–water partition coefficient (Wildman–Crippen LogP) is 11.9. The Bertz CT molecular complexity index is 2820. The lowest BCUT2D eigenvalue weighted by Crippen LogP contribution is -2.00. The van der Waals surface area contributed by atoms with Gasteiger partial charge < -0.3 is 0 Å². The molecule has 0 aliphatic rings. The van der Waals surface area contributed by atoms with E-state index in [-0.39, 0.29) is 0 Å². The molecule has 0 saturated carbocycles. The molecule has 6 heteroatoms. The van der Waals surface area contributed by atoms with Crippen LogP contribution < -0.4 is 0 Å². The molecule has 10 aromatic rings. The van der Waals surface area contributed by atoms with Crippen LogP contribution in [0.5, 0.6) is 0 Å². The van der Waals surface area contributed by atoms with E-state index in [0.717, 1.165) is 60.4 Å². The van der Waals surface area contributed by atoms with Gasteiger partial charge in [0.1, 0.15) is 5.82 Å². The number of nitrogens with zero attached hydrogens (tertiary/aromatic N) is 5. The lowest BCUT2D eigenvalue weighted by atomic mass is 10.1. The molecule has 3 heterocycles.